The zero-order chi connectivity index (χ0) is 56.6. The van der Waals surface area contributed by atoms with Crippen molar-refractivity contribution in [3.8, 4) is 0 Å². The monoisotopic (exact) mass is 1100 g/mol. The molecule has 6 aromatic rings. The van der Waals surface area contributed by atoms with Crippen molar-refractivity contribution in [2.45, 2.75) is 105 Å². The van der Waals surface area contributed by atoms with Crippen molar-refractivity contribution in [2.75, 3.05) is 126 Å². The zero-order valence-electron chi connectivity index (χ0n) is 47.2. The number of alkyl carbamates (subject to hydrolysis) is 1. The van der Waals surface area contributed by atoms with Crippen LogP contribution in [-0.4, -0.2) is 129 Å². The fourth-order valence-corrected chi connectivity index (χ4v) is 7.09. The maximum absolute atomic E-state index is 11.7. The third-order valence-corrected chi connectivity index (χ3v) is 11.3. The van der Waals surface area contributed by atoms with Crippen molar-refractivity contribution in [2.24, 2.45) is 0 Å². The molecule has 0 aliphatic heterocycles. The van der Waals surface area contributed by atoms with Crippen molar-refractivity contribution in [1.82, 2.24) is 50.2 Å². The Morgan fingerprint density at radius 2 is 0.725 bits per heavy atom. The number of nitrogen functional groups attached to an aromatic ring is 1. The van der Waals surface area contributed by atoms with Gasteiger partial charge in [0.1, 0.15) is 5.60 Å². The molecule has 0 fully saturated rings. The molecule has 0 saturated heterocycles. The highest BCUT2D eigenvalue weighted by Gasteiger charge is 2.16. The molecule has 80 heavy (non-hydrogen) atoms. The molecule has 12 N–H and O–H groups in total. The van der Waals surface area contributed by atoms with Gasteiger partial charge in [0.2, 0.25) is 53.5 Å². The van der Waals surface area contributed by atoms with Gasteiger partial charge in [0.25, 0.3) is 0 Å². The lowest BCUT2D eigenvalue weighted by molar-refractivity contribution is 0.0157. The Kier molecular flexibility index (Phi) is 25.9. The van der Waals surface area contributed by atoms with E-state index in [-0.39, 0.29) is 0 Å². The first-order chi connectivity index (χ1) is 38.9. The molecule has 432 valence electrons. The Morgan fingerprint density at radius 3 is 1.10 bits per heavy atom. The molecule has 1 amide bonds. The standard InChI is InChI=1S/C55H82N20O5/c1-7-10-25-57-45-67-46(58-26-11-8-2)70-49(69-45)62-37-40-15-21-43(22-16-40)65-52-73-51(64-36-39-13-19-42(56)20-14-39)74-53(75-52)66-44-23-17-41(18-24-44)38-63-50-71-47(59-27-12-9-3)68-48(72-50)60-28-30-77-32-34-79-35-33-78-31-29-61-54(76)80-55(4,5)6/h13-24H,7-12,25-38,56H2,1-6H3,(H,61,76)(H3,57,58,62,67,69,70)(H3,59,60,63,68,71,72)(H3,64,65,66,73,74,75). The predicted octanol–water partition coefficient (Wildman–Crippen LogP) is 8.77. The molecule has 0 saturated carbocycles. The number of nitrogens with one attached hydrogen (secondary N) is 10. The first kappa shape index (κ1) is 61.1. The van der Waals surface area contributed by atoms with Crippen molar-refractivity contribution in [3.05, 3.63) is 89.5 Å². The molecule has 3 heterocycles. The average molecular weight is 1100 g/mol. The molecule has 0 radical (unpaired) electrons. The molecular formula is C55H82N20O5. The Hall–Kier alpha value is -8.16. The van der Waals surface area contributed by atoms with Crippen LogP contribution in [0.2, 0.25) is 0 Å². The highest BCUT2D eigenvalue weighted by Crippen LogP contribution is 2.22. The Morgan fingerprint density at radius 1 is 0.412 bits per heavy atom. The number of benzene rings is 3. The first-order valence-corrected chi connectivity index (χ1v) is 27.6. The van der Waals surface area contributed by atoms with Crippen LogP contribution in [0.25, 0.3) is 0 Å². The van der Waals surface area contributed by atoms with Crippen LogP contribution < -0.4 is 58.9 Å². The number of carbonyl (C=O) groups is 1. The number of rotatable bonds is 38. The number of hydrogen-bond acceptors (Lipinski definition) is 24. The minimum Gasteiger partial charge on any atom is -0.444 e. The summed E-state index contributed by atoms with van der Waals surface area (Å²) in [4.78, 5) is 53.5. The van der Waals surface area contributed by atoms with E-state index in [0.717, 1.165) is 86.2 Å². The van der Waals surface area contributed by atoms with Gasteiger partial charge in [0, 0.05) is 69.4 Å². The molecule has 25 heteroatoms. The van der Waals surface area contributed by atoms with Crippen LogP contribution in [0.5, 0.6) is 0 Å². The SMILES string of the molecule is CCCCNc1nc(NCCCC)nc(NCc2ccc(Nc3nc(NCc4ccc(N)cc4)nc(Nc4ccc(CNc5nc(NCCCC)nc(NCCOCCOCCOCCNC(=O)OC(C)(C)C)n5)cc4)n3)cc2)n1. The van der Waals surface area contributed by atoms with Gasteiger partial charge in [-0.3, -0.25) is 0 Å². The van der Waals surface area contributed by atoms with Crippen LogP contribution in [0.1, 0.15) is 96.8 Å². The summed E-state index contributed by atoms with van der Waals surface area (Å²) in [6.07, 6.45) is 5.73. The number of ether oxygens (including phenoxy) is 4. The van der Waals surface area contributed by atoms with Crippen LogP contribution in [0.3, 0.4) is 0 Å². The molecule has 3 aromatic heterocycles. The van der Waals surface area contributed by atoms with E-state index in [4.69, 9.17) is 39.6 Å². The maximum atomic E-state index is 11.7. The third kappa shape index (κ3) is 24.2. The molecule has 6 rings (SSSR count). The van der Waals surface area contributed by atoms with Crippen LogP contribution in [0.4, 0.5) is 75.4 Å². The van der Waals surface area contributed by atoms with E-state index in [1.165, 1.54) is 0 Å². The van der Waals surface area contributed by atoms with Crippen LogP contribution in [0, 0.1) is 0 Å². The summed E-state index contributed by atoms with van der Waals surface area (Å²) in [5, 5.41) is 32.6. The summed E-state index contributed by atoms with van der Waals surface area (Å²) in [6, 6.07) is 23.5. The molecule has 25 nitrogen and oxygen atoms in total. The van der Waals surface area contributed by atoms with E-state index < -0.39 is 11.7 Å². The lowest BCUT2D eigenvalue weighted by Gasteiger charge is -2.19. The van der Waals surface area contributed by atoms with E-state index in [2.05, 4.69) is 104 Å². The second-order valence-electron chi connectivity index (χ2n) is 19.4. The summed E-state index contributed by atoms with van der Waals surface area (Å²) in [7, 11) is 0. The number of anilines is 12. The van der Waals surface area contributed by atoms with Gasteiger partial charge >= 0.3 is 6.09 Å². The number of hydrogen-bond donors (Lipinski definition) is 11. The largest absolute Gasteiger partial charge is 0.444 e. The fraction of sp³-hybridized carbons (Fsp3) is 0.491. The molecule has 0 bridgehead atoms. The highest BCUT2D eigenvalue weighted by molar-refractivity contribution is 5.67. The number of unbranched alkanes of at least 4 members (excludes halogenated alkanes) is 3. The van der Waals surface area contributed by atoms with Gasteiger partial charge in [-0.2, -0.15) is 44.9 Å². The summed E-state index contributed by atoms with van der Waals surface area (Å²) >= 11 is 0. The van der Waals surface area contributed by atoms with Gasteiger partial charge in [-0.15, -0.1) is 0 Å². The minimum atomic E-state index is -0.542. The number of carbonyl (C=O) groups excluding carboxylic acids is 1. The lowest BCUT2D eigenvalue weighted by atomic mass is 10.2. The maximum Gasteiger partial charge on any atom is 0.407 e. The number of nitrogens with zero attached hydrogens (tertiary/aromatic N) is 9. The lowest BCUT2D eigenvalue weighted by Crippen LogP contribution is -2.34. The normalized spacial score (nSPS) is 11.1. The Balaban J connectivity index is 1.00. The second kappa shape index (κ2) is 34.0. The second-order valence-corrected chi connectivity index (χ2v) is 19.4. The van der Waals surface area contributed by atoms with Crippen LogP contribution in [0.15, 0.2) is 72.8 Å². The van der Waals surface area contributed by atoms with Gasteiger partial charge in [-0.05, 0) is 93.1 Å². The van der Waals surface area contributed by atoms with E-state index >= 15 is 0 Å². The number of amides is 1. The van der Waals surface area contributed by atoms with Gasteiger partial charge in [-0.1, -0.05) is 76.4 Å². The molecule has 3 aromatic carbocycles. The molecule has 0 spiro atoms. The van der Waals surface area contributed by atoms with Gasteiger partial charge in [0.15, 0.2) is 0 Å². The Bertz CT molecular complexity index is 2690. The first-order valence-electron chi connectivity index (χ1n) is 27.6. The number of nitrogens with two attached hydrogens (primary N) is 1. The highest BCUT2D eigenvalue weighted by atomic mass is 16.6. The number of aromatic nitrogens is 9. The quantitative estimate of drug-likeness (QED) is 0.0127. The molecule has 0 aliphatic carbocycles. The summed E-state index contributed by atoms with van der Waals surface area (Å²) in [6.45, 7) is 18.9. The van der Waals surface area contributed by atoms with Crippen molar-refractivity contribution >= 4 is 76.7 Å². The molecule has 0 aliphatic rings. The van der Waals surface area contributed by atoms with E-state index in [0.29, 0.717) is 132 Å². The van der Waals surface area contributed by atoms with Gasteiger partial charge in [-0.25, -0.2) is 4.79 Å². The average Bonchev–Trinajstić information content (AvgIpc) is 3.44. The van der Waals surface area contributed by atoms with Gasteiger partial charge in [0.05, 0.1) is 39.6 Å². The van der Waals surface area contributed by atoms with Crippen molar-refractivity contribution in [1.29, 1.82) is 0 Å². The fourth-order valence-electron chi connectivity index (χ4n) is 7.09. The topological polar surface area (TPSA) is 316 Å². The molecule has 0 atom stereocenters. The van der Waals surface area contributed by atoms with E-state index in [1.807, 2.05) is 93.6 Å². The molecule has 0 unspecified atom stereocenters. The summed E-state index contributed by atoms with van der Waals surface area (Å²) in [5.41, 5.74) is 10.7. The smallest absolute Gasteiger partial charge is 0.407 e. The zero-order valence-corrected chi connectivity index (χ0v) is 47.2. The van der Waals surface area contributed by atoms with Gasteiger partial charge < -0.3 is 77.8 Å². The van der Waals surface area contributed by atoms with Crippen molar-refractivity contribution < 1.29 is 23.7 Å². The third-order valence-electron chi connectivity index (χ3n) is 11.3. The van der Waals surface area contributed by atoms with Crippen molar-refractivity contribution in [3.63, 3.8) is 0 Å². The summed E-state index contributed by atoms with van der Waals surface area (Å²) < 4.78 is 22.0. The van der Waals surface area contributed by atoms with E-state index in [1.54, 1.807) is 0 Å². The van der Waals surface area contributed by atoms with Crippen LogP contribution in [-0.2, 0) is 38.6 Å². The Labute approximate surface area is 469 Å². The minimum absolute atomic E-state index is 0.343. The predicted molar refractivity (Wildman–Crippen MR) is 317 cm³/mol. The van der Waals surface area contributed by atoms with E-state index in [9.17, 15) is 4.79 Å². The van der Waals surface area contributed by atoms with Crippen LogP contribution >= 0.6 is 0 Å². The molecular weight excluding hydrogens is 1020 g/mol. The summed E-state index contributed by atoms with van der Waals surface area (Å²) in [5.74, 6) is 3.96.